The smallest absolute Gasteiger partial charge is 0.0793 e. The van der Waals surface area contributed by atoms with Gasteiger partial charge in [-0.3, -0.25) is 0 Å². The molecular weight excluding hydrogens is 152 g/mol. The molecule has 1 rings (SSSR count). The van der Waals surface area contributed by atoms with Gasteiger partial charge in [0.1, 0.15) is 0 Å². The number of hydrogen-bond donors (Lipinski definition) is 1. The summed E-state index contributed by atoms with van der Waals surface area (Å²) in [5, 5.41) is 8.83. The van der Waals surface area contributed by atoms with Crippen LogP contribution in [0.2, 0.25) is 0 Å². The van der Waals surface area contributed by atoms with Crippen molar-refractivity contribution in [3.8, 4) is 0 Å². The maximum absolute atomic E-state index is 8.83. The highest BCUT2D eigenvalue weighted by molar-refractivity contribution is 5.23. The molecule has 0 amide bonds. The van der Waals surface area contributed by atoms with Crippen LogP contribution in [0.1, 0.15) is 28.3 Å². The zero-order valence-corrected chi connectivity index (χ0v) is 6.95. The SMILES string of the molecule is [2H]C([2H])([2H])O[C@@H](C)c1ccc(CO)cc1. The van der Waals surface area contributed by atoms with Crippen molar-refractivity contribution >= 4 is 0 Å². The van der Waals surface area contributed by atoms with Crippen LogP contribution in [0.15, 0.2) is 24.3 Å². The standard InChI is InChI=1S/C10H14O2/c1-8(12-2)10-5-3-9(7-11)4-6-10/h3-6,8,11H,7H2,1-2H3/t8-/m0/s1/i2D3. The lowest BCUT2D eigenvalue weighted by Crippen LogP contribution is -1.95. The second kappa shape index (κ2) is 4.24. The van der Waals surface area contributed by atoms with Crippen molar-refractivity contribution in [3.05, 3.63) is 35.4 Å². The van der Waals surface area contributed by atoms with E-state index in [4.69, 9.17) is 14.0 Å². The Balaban J connectivity index is 2.70. The first kappa shape index (κ1) is 5.73. The van der Waals surface area contributed by atoms with Crippen LogP contribution >= 0.6 is 0 Å². The van der Waals surface area contributed by atoms with Crippen LogP contribution in [0, 0.1) is 0 Å². The Bertz CT molecular complexity index is 305. The summed E-state index contributed by atoms with van der Waals surface area (Å²) >= 11 is 0. The summed E-state index contributed by atoms with van der Waals surface area (Å²) in [6.45, 7) is 1.66. The lowest BCUT2D eigenvalue weighted by molar-refractivity contribution is 0.119. The highest BCUT2D eigenvalue weighted by atomic mass is 16.5. The summed E-state index contributed by atoms with van der Waals surface area (Å²) in [4.78, 5) is 0. The van der Waals surface area contributed by atoms with Crippen LogP contribution in [-0.2, 0) is 11.3 Å². The largest absolute Gasteiger partial charge is 0.392 e. The van der Waals surface area contributed by atoms with Crippen LogP contribution in [0.4, 0.5) is 0 Å². The molecule has 1 N–H and O–H groups in total. The second-order valence-corrected chi connectivity index (χ2v) is 2.66. The summed E-state index contributed by atoms with van der Waals surface area (Å²) in [5.41, 5.74) is 1.57. The van der Waals surface area contributed by atoms with Crippen molar-refractivity contribution in [1.82, 2.24) is 0 Å². The van der Waals surface area contributed by atoms with Crippen molar-refractivity contribution < 1.29 is 14.0 Å². The van der Waals surface area contributed by atoms with Crippen LogP contribution < -0.4 is 0 Å². The average molecular weight is 169 g/mol. The molecule has 2 nitrogen and oxygen atoms in total. The number of hydrogen-bond acceptors (Lipinski definition) is 2. The van der Waals surface area contributed by atoms with E-state index in [1.54, 1.807) is 31.2 Å². The first-order valence-electron chi connectivity index (χ1n) is 5.30. The number of rotatable bonds is 3. The van der Waals surface area contributed by atoms with Gasteiger partial charge in [-0.1, -0.05) is 24.3 Å². The fourth-order valence-electron chi connectivity index (χ4n) is 0.962. The molecule has 0 spiro atoms. The molecular formula is C10H14O2. The quantitative estimate of drug-likeness (QED) is 0.748. The summed E-state index contributed by atoms with van der Waals surface area (Å²) in [5.74, 6) is 0. The fourth-order valence-corrected chi connectivity index (χ4v) is 0.962. The first-order chi connectivity index (χ1) is 6.92. The molecule has 0 aliphatic heterocycles. The second-order valence-electron chi connectivity index (χ2n) is 2.66. The predicted octanol–water partition coefficient (Wildman–Crippen LogP) is 1.89. The number of benzene rings is 1. The minimum Gasteiger partial charge on any atom is -0.392 e. The molecule has 0 aromatic heterocycles. The van der Waals surface area contributed by atoms with Gasteiger partial charge >= 0.3 is 0 Å². The van der Waals surface area contributed by atoms with E-state index >= 15 is 0 Å². The Morgan fingerprint density at radius 3 is 2.67 bits per heavy atom. The Morgan fingerprint density at radius 2 is 2.17 bits per heavy atom. The summed E-state index contributed by atoms with van der Waals surface area (Å²) in [6, 6.07) is 6.99. The van der Waals surface area contributed by atoms with Gasteiger partial charge in [-0.05, 0) is 18.1 Å². The van der Waals surface area contributed by atoms with Gasteiger partial charge in [0.25, 0.3) is 0 Å². The van der Waals surface area contributed by atoms with E-state index < -0.39 is 13.1 Å². The van der Waals surface area contributed by atoms with Gasteiger partial charge in [0.05, 0.1) is 16.8 Å². The van der Waals surface area contributed by atoms with E-state index in [1.165, 1.54) is 0 Å². The maximum Gasteiger partial charge on any atom is 0.0793 e. The van der Waals surface area contributed by atoms with Gasteiger partial charge in [-0.15, -0.1) is 0 Å². The van der Waals surface area contributed by atoms with E-state index in [0.717, 1.165) is 11.1 Å². The minimum atomic E-state index is -2.38. The highest BCUT2D eigenvalue weighted by Gasteiger charge is 2.01. The number of aliphatic hydroxyl groups is 1. The van der Waals surface area contributed by atoms with Gasteiger partial charge in [-0.2, -0.15) is 0 Å². The highest BCUT2D eigenvalue weighted by Crippen LogP contribution is 2.15. The molecule has 0 fully saturated rings. The van der Waals surface area contributed by atoms with Crippen molar-refractivity contribution in [2.75, 3.05) is 7.04 Å². The summed E-state index contributed by atoms with van der Waals surface area (Å²) < 4.78 is 25.7. The van der Waals surface area contributed by atoms with Crippen molar-refractivity contribution in [2.24, 2.45) is 0 Å². The van der Waals surface area contributed by atoms with Crippen LogP contribution in [-0.4, -0.2) is 12.1 Å². The van der Waals surface area contributed by atoms with Gasteiger partial charge in [0, 0.05) is 7.04 Å². The van der Waals surface area contributed by atoms with Gasteiger partial charge < -0.3 is 9.84 Å². The lowest BCUT2D eigenvalue weighted by atomic mass is 10.1. The van der Waals surface area contributed by atoms with E-state index in [0.29, 0.717) is 0 Å². The molecule has 0 radical (unpaired) electrons. The van der Waals surface area contributed by atoms with Crippen molar-refractivity contribution in [3.63, 3.8) is 0 Å². The molecule has 1 aromatic carbocycles. The Hall–Kier alpha value is -0.860. The van der Waals surface area contributed by atoms with Crippen LogP contribution in [0.25, 0.3) is 0 Å². The Kier molecular flexibility index (Phi) is 2.02. The van der Waals surface area contributed by atoms with Gasteiger partial charge in [0.15, 0.2) is 0 Å². The fraction of sp³-hybridized carbons (Fsp3) is 0.400. The number of ether oxygens (including phenoxy) is 1. The summed E-state index contributed by atoms with van der Waals surface area (Å²) in [6.07, 6.45) is -0.481. The van der Waals surface area contributed by atoms with E-state index in [1.807, 2.05) is 0 Å². The van der Waals surface area contributed by atoms with E-state index in [-0.39, 0.29) is 6.61 Å². The maximum atomic E-state index is 8.83. The van der Waals surface area contributed by atoms with Crippen molar-refractivity contribution in [2.45, 2.75) is 19.6 Å². The molecule has 0 heterocycles. The molecule has 2 heteroatoms. The van der Waals surface area contributed by atoms with Gasteiger partial charge in [-0.25, -0.2) is 0 Å². The predicted molar refractivity (Wildman–Crippen MR) is 47.8 cm³/mol. The molecule has 1 aromatic rings. The third-order valence-corrected chi connectivity index (χ3v) is 1.81. The van der Waals surface area contributed by atoms with Gasteiger partial charge in [0.2, 0.25) is 0 Å². The molecule has 66 valence electrons. The Labute approximate surface area is 77.0 Å². The average Bonchev–Trinajstić information content (AvgIpc) is 2.15. The van der Waals surface area contributed by atoms with E-state index in [9.17, 15) is 0 Å². The minimum absolute atomic E-state index is 0.0191. The molecule has 0 saturated heterocycles. The summed E-state index contributed by atoms with van der Waals surface area (Å²) in [7, 11) is -2.38. The van der Waals surface area contributed by atoms with Crippen LogP contribution in [0.3, 0.4) is 0 Å². The molecule has 0 aliphatic rings. The number of aliphatic hydroxyl groups excluding tert-OH is 1. The van der Waals surface area contributed by atoms with E-state index in [2.05, 4.69) is 0 Å². The third-order valence-electron chi connectivity index (χ3n) is 1.81. The van der Waals surface area contributed by atoms with Crippen molar-refractivity contribution in [1.29, 1.82) is 0 Å². The topological polar surface area (TPSA) is 29.5 Å². The first-order valence-corrected chi connectivity index (χ1v) is 3.80. The lowest BCUT2D eigenvalue weighted by Gasteiger charge is -2.09. The Morgan fingerprint density at radius 1 is 1.50 bits per heavy atom. The zero-order valence-electron chi connectivity index (χ0n) is 9.95. The number of methoxy groups -OCH3 is 1. The third kappa shape index (κ3) is 2.06. The molecule has 0 bridgehead atoms. The molecule has 0 saturated carbocycles. The normalized spacial score (nSPS) is 17.7. The van der Waals surface area contributed by atoms with Crippen LogP contribution in [0.5, 0.6) is 0 Å². The molecule has 1 atom stereocenters. The zero-order chi connectivity index (χ0) is 11.5. The molecule has 12 heavy (non-hydrogen) atoms. The molecule has 0 aliphatic carbocycles. The molecule has 0 unspecified atom stereocenters. The monoisotopic (exact) mass is 169 g/mol.